The third-order valence-corrected chi connectivity index (χ3v) is 3.50. The zero-order chi connectivity index (χ0) is 11.5. The van der Waals surface area contributed by atoms with E-state index in [0.717, 1.165) is 38.6 Å². The van der Waals surface area contributed by atoms with Crippen LogP contribution in [-0.4, -0.2) is 42.5 Å². The highest BCUT2D eigenvalue weighted by Gasteiger charge is 2.30. The molecule has 0 bridgehead atoms. The first-order valence-corrected chi connectivity index (χ1v) is 5.82. The number of hydrogen-bond donors (Lipinski definition) is 1. The smallest absolute Gasteiger partial charge is 0.127 e. The third-order valence-electron chi connectivity index (χ3n) is 3.50. The Morgan fingerprint density at radius 1 is 1.53 bits per heavy atom. The minimum absolute atomic E-state index is 0.0768. The second-order valence-electron chi connectivity index (χ2n) is 5.31. The van der Waals surface area contributed by atoms with E-state index in [9.17, 15) is 9.90 Å². The molecule has 0 aromatic heterocycles. The maximum absolute atomic E-state index is 10.9. The van der Waals surface area contributed by atoms with Gasteiger partial charge in [0.15, 0.2) is 0 Å². The van der Waals surface area contributed by atoms with E-state index in [0.29, 0.717) is 5.92 Å². The molecule has 0 spiro atoms. The average Bonchev–Trinajstić information content (AvgIpc) is 2.15. The van der Waals surface area contributed by atoms with Gasteiger partial charge in [-0.2, -0.15) is 0 Å². The number of rotatable bonds is 6. The highest BCUT2D eigenvalue weighted by Crippen LogP contribution is 2.28. The van der Waals surface area contributed by atoms with Crippen LogP contribution in [0.3, 0.4) is 0 Å². The number of carbonyl (C=O) groups is 1. The second kappa shape index (κ2) is 5.08. The van der Waals surface area contributed by atoms with Gasteiger partial charge in [0, 0.05) is 18.5 Å². The Morgan fingerprint density at radius 3 is 2.53 bits per heavy atom. The Labute approximate surface area is 92.5 Å². The summed E-state index contributed by atoms with van der Waals surface area (Å²) in [5.41, 5.74) is -0.211. The summed E-state index contributed by atoms with van der Waals surface area (Å²) in [6.07, 6.45) is 3.72. The average molecular weight is 213 g/mol. The normalized spacial score (nSPS) is 29.7. The Hall–Kier alpha value is -0.410. The molecular weight excluding hydrogens is 190 g/mol. The lowest BCUT2D eigenvalue weighted by Crippen LogP contribution is -2.41. The van der Waals surface area contributed by atoms with Crippen LogP contribution in [0.5, 0.6) is 0 Å². The van der Waals surface area contributed by atoms with Crippen molar-refractivity contribution >= 4 is 6.29 Å². The van der Waals surface area contributed by atoms with E-state index in [2.05, 4.69) is 18.9 Å². The van der Waals surface area contributed by atoms with Crippen LogP contribution >= 0.6 is 0 Å². The maximum Gasteiger partial charge on any atom is 0.127 e. The molecule has 1 aliphatic carbocycles. The summed E-state index contributed by atoms with van der Waals surface area (Å²) < 4.78 is 0. The number of nitrogens with zero attached hydrogens (tertiary/aromatic N) is 1. The molecule has 88 valence electrons. The van der Waals surface area contributed by atoms with Gasteiger partial charge in [-0.05, 0) is 32.2 Å². The summed E-state index contributed by atoms with van der Waals surface area (Å²) >= 11 is 0. The van der Waals surface area contributed by atoms with Crippen molar-refractivity contribution in [2.24, 2.45) is 11.3 Å². The van der Waals surface area contributed by atoms with Crippen molar-refractivity contribution in [1.29, 1.82) is 0 Å². The molecule has 3 nitrogen and oxygen atoms in total. The van der Waals surface area contributed by atoms with Gasteiger partial charge in [0.1, 0.15) is 6.29 Å². The van der Waals surface area contributed by atoms with E-state index < -0.39 is 0 Å². The number of aliphatic hydroxyl groups excluding tert-OH is 1. The fraction of sp³-hybridized carbons (Fsp3) is 0.917. The van der Waals surface area contributed by atoms with Crippen LogP contribution in [0.15, 0.2) is 0 Å². The van der Waals surface area contributed by atoms with Gasteiger partial charge >= 0.3 is 0 Å². The maximum atomic E-state index is 10.9. The van der Waals surface area contributed by atoms with Crippen molar-refractivity contribution in [1.82, 2.24) is 4.90 Å². The molecule has 0 aromatic rings. The van der Waals surface area contributed by atoms with Crippen LogP contribution in [0.25, 0.3) is 0 Å². The monoisotopic (exact) mass is 213 g/mol. The highest BCUT2D eigenvalue weighted by atomic mass is 16.3. The van der Waals surface area contributed by atoms with E-state index in [-0.39, 0.29) is 11.5 Å². The minimum atomic E-state index is -0.211. The molecule has 1 fully saturated rings. The first kappa shape index (κ1) is 12.7. The van der Waals surface area contributed by atoms with Crippen LogP contribution in [0.1, 0.15) is 33.1 Å². The molecule has 1 aliphatic rings. The molecule has 1 N–H and O–H groups in total. The molecule has 0 saturated heterocycles. The summed E-state index contributed by atoms with van der Waals surface area (Å²) in [7, 11) is 2.06. The molecule has 1 rings (SSSR count). The van der Waals surface area contributed by atoms with Gasteiger partial charge in [-0.1, -0.05) is 13.8 Å². The van der Waals surface area contributed by atoms with Crippen molar-refractivity contribution in [2.45, 2.75) is 39.2 Å². The molecule has 1 atom stereocenters. The summed E-state index contributed by atoms with van der Waals surface area (Å²) in [6, 6.07) is 0. The van der Waals surface area contributed by atoms with Crippen LogP contribution in [0.4, 0.5) is 0 Å². The van der Waals surface area contributed by atoms with E-state index in [1.807, 2.05) is 6.92 Å². The van der Waals surface area contributed by atoms with E-state index in [4.69, 9.17) is 0 Å². The summed E-state index contributed by atoms with van der Waals surface area (Å²) in [6.45, 7) is 5.88. The van der Waals surface area contributed by atoms with Crippen molar-refractivity contribution in [3.8, 4) is 0 Å². The second-order valence-corrected chi connectivity index (χ2v) is 5.31. The third kappa shape index (κ3) is 3.58. The molecule has 0 aliphatic heterocycles. The SMILES string of the molecule is CCC(C)(C=O)CN(C)CC1CC(O)C1. The Morgan fingerprint density at radius 2 is 2.13 bits per heavy atom. The molecule has 1 saturated carbocycles. The van der Waals surface area contributed by atoms with Gasteiger partial charge in [0.05, 0.1) is 6.10 Å². The summed E-state index contributed by atoms with van der Waals surface area (Å²) in [5.74, 6) is 0.623. The Balaban J connectivity index is 2.28. The highest BCUT2D eigenvalue weighted by molar-refractivity contribution is 5.58. The lowest BCUT2D eigenvalue weighted by molar-refractivity contribution is -0.116. The van der Waals surface area contributed by atoms with Crippen molar-refractivity contribution in [2.75, 3.05) is 20.1 Å². The van der Waals surface area contributed by atoms with Crippen LogP contribution in [0.2, 0.25) is 0 Å². The minimum Gasteiger partial charge on any atom is -0.393 e. The van der Waals surface area contributed by atoms with Gasteiger partial charge in [-0.15, -0.1) is 0 Å². The van der Waals surface area contributed by atoms with Gasteiger partial charge < -0.3 is 14.8 Å². The number of aldehydes is 1. The molecule has 3 heteroatoms. The predicted octanol–water partition coefficient (Wildman–Crippen LogP) is 1.30. The fourth-order valence-electron chi connectivity index (χ4n) is 2.20. The van der Waals surface area contributed by atoms with Crippen molar-refractivity contribution in [3.63, 3.8) is 0 Å². The quantitative estimate of drug-likeness (QED) is 0.676. The first-order valence-electron chi connectivity index (χ1n) is 5.82. The van der Waals surface area contributed by atoms with E-state index in [1.165, 1.54) is 0 Å². The fourth-order valence-corrected chi connectivity index (χ4v) is 2.20. The first-order chi connectivity index (χ1) is 6.99. The Kier molecular flexibility index (Phi) is 4.29. The zero-order valence-electron chi connectivity index (χ0n) is 10.1. The standard InChI is InChI=1S/C12H23NO2/c1-4-12(2,9-14)8-13(3)7-10-5-11(15)6-10/h9-11,15H,4-8H2,1-3H3. The number of carbonyl (C=O) groups excluding carboxylic acids is 1. The van der Waals surface area contributed by atoms with Gasteiger partial charge in [0.25, 0.3) is 0 Å². The molecule has 15 heavy (non-hydrogen) atoms. The lowest BCUT2D eigenvalue weighted by atomic mass is 9.81. The number of hydrogen-bond acceptors (Lipinski definition) is 3. The van der Waals surface area contributed by atoms with Crippen molar-refractivity contribution < 1.29 is 9.90 Å². The molecule has 0 aromatic carbocycles. The van der Waals surface area contributed by atoms with Gasteiger partial charge in [0.2, 0.25) is 0 Å². The molecule has 1 unspecified atom stereocenters. The predicted molar refractivity (Wildman–Crippen MR) is 60.7 cm³/mol. The van der Waals surface area contributed by atoms with Crippen LogP contribution in [0, 0.1) is 11.3 Å². The lowest BCUT2D eigenvalue weighted by Gasteiger charge is -2.36. The van der Waals surface area contributed by atoms with Crippen molar-refractivity contribution in [3.05, 3.63) is 0 Å². The van der Waals surface area contributed by atoms with Crippen LogP contribution < -0.4 is 0 Å². The number of aliphatic hydroxyl groups is 1. The van der Waals surface area contributed by atoms with Gasteiger partial charge in [-0.3, -0.25) is 0 Å². The van der Waals surface area contributed by atoms with Gasteiger partial charge in [-0.25, -0.2) is 0 Å². The summed E-state index contributed by atoms with van der Waals surface area (Å²) in [5, 5.41) is 9.18. The molecule has 0 radical (unpaired) electrons. The van der Waals surface area contributed by atoms with E-state index in [1.54, 1.807) is 0 Å². The molecule has 0 heterocycles. The van der Waals surface area contributed by atoms with E-state index >= 15 is 0 Å². The Bertz CT molecular complexity index is 214. The topological polar surface area (TPSA) is 40.5 Å². The molecule has 0 amide bonds. The summed E-state index contributed by atoms with van der Waals surface area (Å²) in [4.78, 5) is 13.2. The largest absolute Gasteiger partial charge is 0.393 e. The molecular formula is C12H23NO2. The van der Waals surface area contributed by atoms with Crippen LogP contribution in [-0.2, 0) is 4.79 Å². The zero-order valence-corrected chi connectivity index (χ0v) is 10.1.